The molecule has 0 atom stereocenters. The number of nitrogens with one attached hydrogen (secondary N) is 2. The topological polar surface area (TPSA) is 80.3 Å². The van der Waals surface area contributed by atoms with Gasteiger partial charge in [-0.15, -0.1) is 11.3 Å². The number of carbonyl (C=O) groups excluding carboxylic acids is 2. The molecule has 0 aliphatic heterocycles. The maximum absolute atomic E-state index is 12.7. The number of thiazole rings is 1. The van der Waals surface area contributed by atoms with E-state index in [1.54, 1.807) is 24.3 Å². The van der Waals surface area contributed by atoms with Crippen LogP contribution < -0.4 is 15.4 Å². The number of anilines is 2. The van der Waals surface area contributed by atoms with Crippen molar-refractivity contribution in [1.29, 1.82) is 0 Å². The quantitative estimate of drug-likeness (QED) is 0.162. The van der Waals surface area contributed by atoms with E-state index >= 15 is 0 Å². The summed E-state index contributed by atoms with van der Waals surface area (Å²) in [5.41, 5.74) is 3.71. The third kappa shape index (κ3) is 7.00. The zero-order chi connectivity index (χ0) is 25.5. The lowest BCUT2D eigenvalue weighted by Gasteiger charge is -2.08. The van der Waals surface area contributed by atoms with Crippen molar-refractivity contribution in [3.63, 3.8) is 0 Å². The van der Waals surface area contributed by atoms with Crippen molar-refractivity contribution in [3.05, 3.63) is 76.8 Å². The Morgan fingerprint density at radius 2 is 1.86 bits per heavy atom. The number of halogens is 1. The number of aromatic nitrogens is 1. The molecule has 0 fully saturated rings. The molecule has 0 unspecified atom stereocenters. The summed E-state index contributed by atoms with van der Waals surface area (Å²) in [5, 5.41) is 6.41. The Balaban J connectivity index is 1.34. The van der Waals surface area contributed by atoms with Gasteiger partial charge in [-0.3, -0.25) is 9.59 Å². The fraction of sp³-hybridized carbons (Fsp3) is 0.222. The van der Waals surface area contributed by atoms with E-state index in [1.165, 1.54) is 23.1 Å². The van der Waals surface area contributed by atoms with Gasteiger partial charge in [0.25, 0.3) is 5.91 Å². The number of aryl methyl sites for hydroxylation is 1. The number of benzene rings is 3. The lowest BCUT2D eigenvalue weighted by atomic mass is 10.2. The number of rotatable bonds is 10. The molecule has 0 saturated carbocycles. The van der Waals surface area contributed by atoms with Gasteiger partial charge in [0.1, 0.15) is 5.75 Å². The summed E-state index contributed by atoms with van der Waals surface area (Å²) in [7, 11) is 0. The van der Waals surface area contributed by atoms with E-state index in [1.807, 2.05) is 43.3 Å². The average Bonchev–Trinajstić information content (AvgIpc) is 3.28. The number of amides is 2. The van der Waals surface area contributed by atoms with Gasteiger partial charge in [-0.1, -0.05) is 42.8 Å². The molecule has 0 spiro atoms. The number of fused-ring (bicyclic) bond motifs is 1. The second-order valence-electron chi connectivity index (χ2n) is 8.14. The standard InChI is InChI=1S/C27H26ClN3O3S2/c1-3-4-13-34-21-10-6-18(7-11-21)26(33)29-20-9-12-22-24(15-20)36-27(31-22)35-16-25(32)30-23-14-19(28)8-5-17(23)2/h5-12,14-15H,3-4,13,16H2,1-2H3,(H,29,33)(H,30,32). The molecule has 1 heterocycles. The van der Waals surface area contributed by atoms with Gasteiger partial charge in [-0.2, -0.15) is 0 Å². The van der Waals surface area contributed by atoms with Gasteiger partial charge in [0, 0.05) is 22.0 Å². The fourth-order valence-electron chi connectivity index (χ4n) is 3.33. The number of hydrogen-bond acceptors (Lipinski definition) is 6. The van der Waals surface area contributed by atoms with Crippen molar-refractivity contribution < 1.29 is 14.3 Å². The van der Waals surface area contributed by atoms with Gasteiger partial charge >= 0.3 is 0 Å². The average molecular weight is 540 g/mol. The van der Waals surface area contributed by atoms with Crippen molar-refractivity contribution in [3.8, 4) is 5.75 Å². The first-order valence-electron chi connectivity index (χ1n) is 11.5. The monoisotopic (exact) mass is 539 g/mol. The van der Waals surface area contributed by atoms with E-state index < -0.39 is 0 Å². The van der Waals surface area contributed by atoms with E-state index in [0.29, 0.717) is 28.6 Å². The predicted molar refractivity (Wildman–Crippen MR) is 150 cm³/mol. The van der Waals surface area contributed by atoms with Gasteiger partial charge < -0.3 is 15.4 Å². The van der Waals surface area contributed by atoms with E-state index in [-0.39, 0.29) is 17.6 Å². The second kappa shape index (κ2) is 12.3. The van der Waals surface area contributed by atoms with Gasteiger partial charge in [-0.25, -0.2) is 4.98 Å². The third-order valence-corrected chi connectivity index (χ3v) is 7.71. The van der Waals surface area contributed by atoms with Crippen LogP contribution in [0, 0.1) is 6.92 Å². The fourth-order valence-corrected chi connectivity index (χ4v) is 5.41. The summed E-state index contributed by atoms with van der Waals surface area (Å²) < 4.78 is 7.37. The Hall–Kier alpha value is -3.07. The highest BCUT2D eigenvalue weighted by atomic mass is 35.5. The Morgan fingerprint density at radius 1 is 1.06 bits per heavy atom. The molecule has 0 bridgehead atoms. The molecule has 36 heavy (non-hydrogen) atoms. The Bertz CT molecular complexity index is 1370. The number of thioether (sulfide) groups is 1. The first-order chi connectivity index (χ1) is 17.4. The molecular weight excluding hydrogens is 514 g/mol. The molecule has 2 N–H and O–H groups in total. The van der Waals surface area contributed by atoms with Gasteiger partial charge in [0.15, 0.2) is 4.34 Å². The highest BCUT2D eigenvalue weighted by molar-refractivity contribution is 8.01. The zero-order valence-corrected chi connectivity index (χ0v) is 22.4. The molecular formula is C27H26ClN3O3S2. The van der Waals surface area contributed by atoms with Gasteiger partial charge in [-0.05, 0) is 73.5 Å². The van der Waals surface area contributed by atoms with Crippen LogP contribution in [-0.4, -0.2) is 29.2 Å². The highest BCUT2D eigenvalue weighted by Gasteiger charge is 2.12. The number of nitrogens with zero attached hydrogens (tertiary/aromatic N) is 1. The van der Waals surface area contributed by atoms with Crippen molar-refractivity contribution in [1.82, 2.24) is 4.98 Å². The van der Waals surface area contributed by atoms with Crippen LogP contribution in [0.25, 0.3) is 10.2 Å². The highest BCUT2D eigenvalue weighted by Crippen LogP contribution is 2.31. The van der Waals surface area contributed by atoms with E-state index in [0.717, 1.165) is 38.7 Å². The minimum Gasteiger partial charge on any atom is -0.494 e. The molecule has 9 heteroatoms. The Labute approximate surface area is 223 Å². The van der Waals surface area contributed by atoms with Crippen molar-refractivity contribution in [2.45, 2.75) is 31.0 Å². The van der Waals surface area contributed by atoms with E-state index in [4.69, 9.17) is 16.3 Å². The van der Waals surface area contributed by atoms with Gasteiger partial charge in [0.2, 0.25) is 5.91 Å². The normalized spacial score (nSPS) is 10.9. The predicted octanol–water partition coefficient (Wildman–Crippen LogP) is 7.42. The van der Waals surface area contributed by atoms with Gasteiger partial charge in [0.05, 0.1) is 22.6 Å². The molecule has 0 saturated heterocycles. The number of carbonyl (C=O) groups is 2. The smallest absolute Gasteiger partial charge is 0.255 e. The molecule has 0 radical (unpaired) electrons. The summed E-state index contributed by atoms with van der Waals surface area (Å²) in [4.78, 5) is 29.7. The molecule has 6 nitrogen and oxygen atoms in total. The van der Waals surface area contributed by atoms with Crippen LogP contribution in [0.15, 0.2) is 65.0 Å². The van der Waals surface area contributed by atoms with Crippen LogP contribution in [-0.2, 0) is 4.79 Å². The summed E-state index contributed by atoms with van der Waals surface area (Å²) in [6, 6.07) is 18.1. The first-order valence-corrected chi connectivity index (χ1v) is 13.7. The van der Waals surface area contributed by atoms with E-state index in [2.05, 4.69) is 22.5 Å². The van der Waals surface area contributed by atoms with Crippen LogP contribution in [0.3, 0.4) is 0 Å². The summed E-state index contributed by atoms with van der Waals surface area (Å²) in [6.45, 7) is 4.70. The first kappa shape index (κ1) is 26.0. The molecule has 4 aromatic rings. The lowest BCUT2D eigenvalue weighted by molar-refractivity contribution is -0.113. The Kier molecular flexibility index (Phi) is 8.85. The van der Waals surface area contributed by atoms with Crippen LogP contribution in [0.5, 0.6) is 5.75 Å². The van der Waals surface area contributed by atoms with Crippen LogP contribution in [0.2, 0.25) is 5.02 Å². The summed E-state index contributed by atoms with van der Waals surface area (Å²) >= 11 is 8.88. The van der Waals surface area contributed by atoms with Crippen molar-refractivity contribution >= 4 is 68.1 Å². The SMILES string of the molecule is CCCCOc1ccc(C(=O)Nc2ccc3nc(SCC(=O)Nc4cc(Cl)ccc4C)sc3c2)cc1. The van der Waals surface area contributed by atoms with Crippen LogP contribution in [0.1, 0.15) is 35.7 Å². The zero-order valence-electron chi connectivity index (χ0n) is 20.0. The molecule has 3 aromatic carbocycles. The maximum atomic E-state index is 12.7. The minimum atomic E-state index is -0.193. The summed E-state index contributed by atoms with van der Waals surface area (Å²) in [6.07, 6.45) is 2.07. The largest absolute Gasteiger partial charge is 0.494 e. The maximum Gasteiger partial charge on any atom is 0.255 e. The minimum absolute atomic E-state index is 0.126. The molecule has 0 aliphatic rings. The van der Waals surface area contributed by atoms with Crippen LogP contribution in [0.4, 0.5) is 11.4 Å². The lowest BCUT2D eigenvalue weighted by Crippen LogP contribution is -2.14. The molecule has 186 valence electrons. The van der Waals surface area contributed by atoms with Crippen molar-refractivity contribution in [2.24, 2.45) is 0 Å². The van der Waals surface area contributed by atoms with Crippen LogP contribution >= 0.6 is 34.7 Å². The molecule has 2 amide bonds. The molecule has 0 aliphatic carbocycles. The number of hydrogen-bond donors (Lipinski definition) is 2. The molecule has 1 aromatic heterocycles. The van der Waals surface area contributed by atoms with Crippen molar-refractivity contribution in [2.75, 3.05) is 23.0 Å². The number of unbranched alkanes of at least 4 members (excludes halogenated alkanes) is 1. The Morgan fingerprint density at radius 3 is 2.64 bits per heavy atom. The summed E-state index contributed by atoms with van der Waals surface area (Å²) in [5.74, 6) is 0.668. The molecule has 4 rings (SSSR count). The third-order valence-electron chi connectivity index (χ3n) is 5.31. The number of ether oxygens (including phenoxy) is 1. The van der Waals surface area contributed by atoms with E-state index in [9.17, 15) is 9.59 Å². The second-order valence-corrected chi connectivity index (χ2v) is 10.8.